The van der Waals surface area contributed by atoms with Gasteiger partial charge in [0.15, 0.2) is 11.6 Å². The molecule has 0 amide bonds. The molecule has 0 aliphatic carbocycles. The zero-order valence-electron chi connectivity index (χ0n) is 20.0. The minimum atomic E-state index is -0.257. The van der Waals surface area contributed by atoms with Gasteiger partial charge in [-0.15, -0.1) is 10.2 Å². The molecule has 3 rings (SSSR count). The summed E-state index contributed by atoms with van der Waals surface area (Å²) < 4.78 is 13.1. The Morgan fingerprint density at radius 3 is 2.68 bits per heavy atom. The van der Waals surface area contributed by atoms with E-state index in [-0.39, 0.29) is 5.82 Å². The molecule has 0 aliphatic heterocycles. The minimum Gasteiger partial charge on any atom is -0.373 e. The van der Waals surface area contributed by atoms with E-state index in [1.165, 1.54) is 12.1 Å². The lowest BCUT2D eigenvalue weighted by Gasteiger charge is -2.25. The zero-order chi connectivity index (χ0) is 24.5. The molecule has 0 atom stereocenters. The van der Waals surface area contributed by atoms with Gasteiger partial charge in [-0.2, -0.15) is 9.78 Å². The number of imidazole rings is 1. The molecule has 0 saturated carbocycles. The van der Waals surface area contributed by atoms with E-state index in [4.69, 9.17) is 11.6 Å². The Hall–Kier alpha value is -3.20. The molecule has 0 radical (unpaired) electrons. The molecule has 0 aliphatic rings. The van der Waals surface area contributed by atoms with Crippen LogP contribution in [0, 0.1) is 5.82 Å². The molecule has 0 fully saturated rings. The van der Waals surface area contributed by atoms with Crippen molar-refractivity contribution in [2.45, 2.75) is 46.1 Å². The van der Waals surface area contributed by atoms with Crippen molar-refractivity contribution in [2.75, 3.05) is 25.0 Å². The predicted octanol–water partition coefficient (Wildman–Crippen LogP) is 4.91. The highest BCUT2D eigenvalue weighted by molar-refractivity contribution is 6.28. The van der Waals surface area contributed by atoms with Gasteiger partial charge in [0.25, 0.3) is 0 Å². The molecule has 8 nitrogen and oxygen atoms in total. The first-order valence-electron chi connectivity index (χ1n) is 11.5. The fourth-order valence-corrected chi connectivity index (χ4v) is 3.86. The van der Waals surface area contributed by atoms with Crippen LogP contribution in [0.5, 0.6) is 0 Å². The highest BCUT2D eigenvalue weighted by Crippen LogP contribution is 2.29. The number of H-pyrrole nitrogens is 1. The summed E-state index contributed by atoms with van der Waals surface area (Å²) in [4.78, 5) is 13.5. The number of aromatic amines is 1. The SMILES string of the molecule is C=CN(CCCC)c1nc(Cl)[nH]c1/C(=C/C)N(C)CCCn1nnc(Cc2ccc(F)cc2)n1. The summed E-state index contributed by atoms with van der Waals surface area (Å²) in [5, 5.41) is 13.1. The van der Waals surface area contributed by atoms with Crippen molar-refractivity contribution in [3.8, 4) is 0 Å². The number of aromatic nitrogens is 6. The third kappa shape index (κ3) is 6.66. The van der Waals surface area contributed by atoms with Gasteiger partial charge < -0.3 is 14.8 Å². The van der Waals surface area contributed by atoms with Gasteiger partial charge in [0.1, 0.15) is 11.5 Å². The van der Waals surface area contributed by atoms with Crippen LogP contribution >= 0.6 is 11.6 Å². The van der Waals surface area contributed by atoms with E-state index in [0.29, 0.717) is 24.1 Å². The minimum absolute atomic E-state index is 0.257. The highest BCUT2D eigenvalue weighted by Gasteiger charge is 2.20. The van der Waals surface area contributed by atoms with Crippen LogP contribution in [0.3, 0.4) is 0 Å². The number of halogens is 2. The molecule has 2 aromatic heterocycles. The molecular formula is C24H32ClFN8. The van der Waals surface area contributed by atoms with Gasteiger partial charge >= 0.3 is 0 Å². The maximum absolute atomic E-state index is 13.1. The third-order valence-electron chi connectivity index (χ3n) is 5.46. The third-order valence-corrected chi connectivity index (χ3v) is 5.64. The lowest BCUT2D eigenvalue weighted by atomic mass is 10.1. The fraction of sp³-hybridized carbons (Fsp3) is 0.417. The Balaban J connectivity index is 1.59. The number of unbranched alkanes of at least 4 members (excludes halogenated alkanes) is 1. The van der Waals surface area contributed by atoms with Crippen molar-refractivity contribution < 1.29 is 4.39 Å². The smallest absolute Gasteiger partial charge is 0.202 e. The number of benzene rings is 1. The first-order valence-corrected chi connectivity index (χ1v) is 11.9. The quantitative estimate of drug-likeness (QED) is 0.369. The molecule has 2 heterocycles. The Bertz CT molecular complexity index is 1090. The second-order valence-electron chi connectivity index (χ2n) is 8.01. The van der Waals surface area contributed by atoms with E-state index in [1.807, 2.05) is 24.9 Å². The molecule has 0 spiro atoms. The van der Waals surface area contributed by atoms with Gasteiger partial charge in [0.2, 0.25) is 5.28 Å². The van der Waals surface area contributed by atoms with Gasteiger partial charge in [0.05, 0.1) is 12.2 Å². The fourth-order valence-electron chi connectivity index (χ4n) is 3.69. The summed E-state index contributed by atoms with van der Waals surface area (Å²) in [6, 6.07) is 6.33. The van der Waals surface area contributed by atoms with Crippen molar-refractivity contribution in [1.82, 2.24) is 35.1 Å². The van der Waals surface area contributed by atoms with Crippen LogP contribution in [-0.4, -0.2) is 55.2 Å². The monoisotopic (exact) mass is 486 g/mol. The van der Waals surface area contributed by atoms with Crippen molar-refractivity contribution in [3.05, 3.63) is 71.3 Å². The van der Waals surface area contributed by atoms with Crippen LogP contribution in [-0.2, 0) is 13.0 Å². The summed E-state index contributed by atoms with van der Waals surface area (Å²) in [6.45, 7) is 10.3. The lowest BCUT2D eigenvalue weighted by Crippen LogP contribution is -2.23. The highest BCUT2D eigenvalue weighted by atomic mass is 35.5. The molecule has 182 valence electrons. The van der Waals surface area contributed by atoms with Gasteiger partial charge in [-0.1, -0.05) is 38.1 Å². The number of nitrogens with one attached hydrogen (secondary N) is 1. The Morgan fingerprint density at radius 1 is 1.24 bits per heavy atom. The van der Waals surface area contributed by atoms with Crippen molar-refractivity contribution in [2.24, 2.45) is 0 Å². The van der Waals surface area contributed by atoms with Crippen molar-refractivity contribution in [3.63, 3.8) is 0 Å². The van der Waals surface area contributed by atoms with Gasteiger partial charge in [0, 0.05) is 26.6 Å². The maximum Gasteiger partial charge on any atom is 0.202 e. The van der Waals surface area contributed by atoms with Crippen LogP contribution in [0.4, 0.5) is 10.2 Å². The van der Waals surface area contributed by atoms with E-state index < -0.39 is 0 Å². The number of anilines is 1. The second kappa shape index (κ2) is 12.3. The van der Waals surface area contributed by atoms with Crippen molar-refractivity contribution in [1.29, 1.82) is 0 Å². The standard InChI is InChI=1S/C24H32ClFN8/c1-5-8-15-33(7-3)23-22(27-24(25)28-23)20(6-2)32(4)14-9-16-34-30-21(29-31-34)17-18-10-12-19(26)13-11-18/h6-7,10-13H,3,5,8-9,14-17H2,1-2,4H3,(H,27,28)/b20-6-. The first kappa shape index (κ1) is 25.4. The van der Waals surface area contributed by atoms with E-state index in [2.05, 4.69) is 43.8 Å². The molecule has 34 heavy (non-hydrogen) atoms. The van der Waals surface area contributed by atoms with E-state index >= 15 is 0 Å². The Morgan fingerprint density at radius 2 is 2.00 bits per heavy atom. The topological polar surface area (TPSA) is 78.8 Å². The molecule has 10 heteroatoms. The van der Waals surface area contributed by atoms with Gasteiger partial charge in [-0.3, -0.25) is 0 Å². The molecule has 3 aromatic rings. The average Bonchev–Trinajstić information content (AvgIpc) is 3.43. The van der Waals surface area contributed by atoms with Crippen LogP contribution in [0.25, 0.3) is 5.70 Å². The summed E-state index contributed by atoms with van der Waals surface area (Å²) in [5.74, 6) is 1.13. The van der Waals surface area contributed by atoms with Crippen LogP contribution < -0.4 is 4.90 Å². The number of hydrogen-bond donors (Lipinski definition) is 1. The number of aryl methyl sites for hydroxylation is 1. The zero-order valence-corrected chi connectivity index (χ0v) is 20.8. The maximum atomic E-state index is 13.1. The largest absolute Gasteiger partial charge is 0.373 e. The summed E-state index contributed by atoms with van der Waals surface area (Å²) in [7, 11) is 2.03. The van der Waals surface area contributed by atoms with Crippen LogP contribution in [0.1, 0.15) is 50.2 Å². The van der Waals surface area contributed by atoms with E-state index in [9.17, 15) is 4.39 Å². The van der Waals surface area contributed by atoms with Gasteiger partial charge in [-0.25, -0.2) is 4.39 Å². The number of rotatable bonds is 13. The number of allylic oxidation sites excluding steroid dienone is 1. The normalized spacial score (nSPS) is 11.6. The molecular weight excluding hydrogens is 455 g/mol. The molecule has 1 aromatic carbocycles. The molecule has 0 saturated heterocycles. The van der Waals surface area contributed by atoms with Crippen LogP contribution in [0.2, 0.25) is 5.28 Å². The molecule has 0 unspecified atom stereocenters. The summed E-state index contributed by atoms with van der Waals surface area (Å²) >= 11 is 6.24. The summed E-state index contributed by atoms with van der Waals surface area (Å²) in [6.07, 6.45) is 7.28. The molecule has 1 N–H and O–H groups in total. The Labute approximate surface area is 205 Å². The van der Waals surface area contributed by atoms with E-state index in [0.717, 1.165) is 55.1 Å². The van der Waals surface area contributed by atoms with Crippen LogP contribution in [0.15, 0.2) is 43.1 Å². The number of nitrogens with zero attached hydrogens (tertiary/aromatic N) is 7. The lowest BCUT2D eigenvalue weighted by molar-refractivity contribution is 0.412. The average molecular weight is 487 g/mol. The Kier molecular flexibility index (Phi) is 9.21. The van der Waals surface area contributed by atoms with E-state index in [1.54, 1.807) is 23.1 Å². The molecule has 0 bridgehead atoms. The number of hydrogen-bond acceptors (Lipinski definition) is 6. The van der Waals surface area contributed by atoms with Crippen molar-refractivity contribution >= 4 is 23.1 Å². The number of tetrazole rings is 1. The second-order valence-corrected chi connectivity index (χ2v) is 8.37. The predicted molar refractivity (Wildman–Crippen MR) is 134 cm³/mol. The first-order chi connectivity index (χ1) is 16.4. The summed E-state index contributed by atoms with van der Waals surface area (Å²) in [5.41, 5.74) is 2.81. The van der Waals surface area contributed by atoms with Gasteiger partial charge in [-0.05, 0) is 60.5 Å².